The molecule has 17 heavy (non-hydrogen) atoms. The summed E-state index contributed by atoms with van der Waals surface area (Å²) in [6, 6.07) is 3.23. The second kappa shape index (κ2) is 3.26. The molecule has 88 valence electrons. The van der Waals surface area contributed by atoms with Crippen molar-refractivity contribution in [3.8, 4) is 11.5 Å². The van der Waals surface area contributed by atoms with Crippen molar-refractivity contribution in [1.82, 2.24) is 4.57 Å². The Morgan fingerprint density at radius 3 is 2.53 bits per heavy atom. The molecule has 0 spiro atoms. The normalized spacial score (nSPS) is 15.4. The van der Waals surface area contributed by atoms with Crippen LogP contribution in [0.4, 0.5) is 0 Å². The molecule has 1 aromatic carbocycles. The average Bonchev–Trinajstić information content (AvgIpc) is 3.10. The van der Waals surface area contributed by atoms with Gasteiger partial charge in [0.2, 0.25) is 0 Å². The first-order valence-corrected chi connectivity index (χ1v) is 5.65. The van der Waals surface area contributed by atoms with Crippen LogP contribution in [0.2, 0.25) is 0 Å². The largest absolute Gasteiger partial charge is 0.504 e. The molecular weight excluding hydrogens is 218 g/mol. The smallest absolute Gasteiger partial charge is 0.192 e. The summed E-state index contributed by atoms with van der Waals surface area (Å²) < 4.78 is 2.02. The molecule has 0 amide bonds. The van der Waals surface area contributed by atoms with Gasteiger partial charge in [-0.15, -0.1) is 0 Å². The van der Waals surface area contributed by atoms with Crippen LogP contribution in [0.5, 0.6) is 11.5 Å². The van der Waals surface area contributed by atoms with E-state index in [4.69, 9.17) is 0 Å². The Morgan fingerprint density at radius 2 is 1.88 bits per heavy atom. The van der Waals surface area contributed by atoms with Crippen LogP contribution in [0.25, 0.3) is 10.9 Å². The summed E-state index contributed by atoms with van der Waals surface area (Å²) in [5, 5.41) is 19.5. The van der Waals surface area contributed by atoms with Gasteiger partial charge in [0, 0.05) is 29.3 Å². The van der Waals surface area contributed by atoms with Crippen molar-refractivity contribution >= 4 is 10.9 Å². The van der Waals surface area contributed by atoms with Crippen molar-refractivity contribution in [1.29, 1.82) is 0 Å². The van der Waals surface area contributed by atoms with Gasteiger partial charge in [0.25, 0.3) is 0 Å². The molecule has 4 heteroatoms. The first-order chi connectivity index (χ1) is 8.08. The van der Waals surface area contributed by atoms with Gasteiger partial charge in [0.15, 0.2) is 16.9 Å². The third-order valence-corrected chi connectivity index (χ3v) is 3.25. The molecular formula is C13H13NO3. The molecule has 1 aliphatic rings. The van der Waals surface area contributed by atoms with Crippen LogP contribution in [-0.4, -0.2) is 14.8 Å². The van der Waals surface area contributed by atoms with E-state index in [1.807, 2.05) is 10.8 Å². The third kappa shape index (κ3) is 1.48. The lowest BCUT2D eigenvalue weighted by molar-refractivity contribution is 0.404. The lowest BCUT2D eigenvalue weighted by atomic mass is 10.1. The highest BCUT2D eigenvalue weighted by Crippen LogP contribution is 2.38. The Hall–Kier alpha value is -1.97. The lowest BCUT2D eigenvalue weighted by Gasteiger charge is -2.12. The molecule has 0 saturated heterocycles. The van der Waals surface area contributed by atoms with Gasteiger partial charge < -0.3 is 14.8 Å². The van der Waals surface area contributed by atoms with E-state index in [1.165, 1.54) is 12.1 Å². The van der Waals surface area contributed by atoms with Crippen LogP contribution < -0.4 is 5.43 Å². The highest BCUT2D eigenvalue weighted by molar-refractivity contribution is 5.83. The Labute approximate surface area is 97.7 Å². The Morgan fingerprint density at radius 1 is 1.24 bits per heavy atom. The van der Waals surface area contributed by atoms with Crippen LogP contribution >= 0.6 is 0 Å². The number of benzene rings is 1. The Bertz CT molecular complexity index is 668. The second-order valence-corrected chi connectivity index (χ2v) is 4.64. The highest BCUT2D eigenvalue weighted by atomic mass is 16.3. The van der Waals surface area contributed by atoms with E-state index >= 15 is 0 Å². The van der Waals surface area contributed by atoms with Gasteiger partial charge in [-0.25, -0.2) is 0 Å². The molecule has 1 aromatic heterocycles. The Balaban J connectivity index is 2.45. The summed E-state index contributed by atoms with van der Waals surface area (Å²) in [5.74, 6) is -0.433. The van der Waals surface area contributed by atoms with Gasteiger partial charge >= 0.3 is 0 Å². The quantitative estimate of drug-likeness (QED) is 0.738. The summed E-state index contributed by atoms with van der Waals surface area (Å²) >= 11 is 0. The number of hydrogen-bond acceptors (Lipinski definition) is 3. The van der Waals surface area contributed by atoms with Crippen LogP contribution in [0.1, 0.15) is 24.4 Å². The SMILES string of the molecule is Cc1cn(C2CC2)c2cc(O)c(O)cc2c1=O. The number of fused-ring (bicyclic) bond motifs is 1. The highest BCUT2D eigenvalue weighted by Gasteiger charge is 2.25. The molecule has 1 aliphatic carbocycles. The molecule has 4 nitrogen and oxygen atoms in total. The summed E-state index contributed by atoms with van der Waals surface area (Å²) in [7, 11) is 0. The number of aromatic hydroxyl groups is 2. The molecule has 1 heterocycles. The first-order valence-electron chi connectivity index (χ1n) is 5.65. The fourth-order valence-electron chi connectivity index (χ4n) is 2.17. The minimum absolute atomic E-state index is 0.0906. The van der Waals surface area contributed by atoms with Crippen molar-refractivity contribution in [3.63, 3.8) is 0 Å². The number of phenolic OH excluding ortho intramolecular Hbond substituents is 2. The van der Waals surface area contributed by atoms with E-state index in [9.17, 15) is 15.0 Å². The van der Waals surface area contributed by atoms with Gasteiger partial charge in [-0.1, -0.05) is 0 Å². The fraction of sp³-hybridized carbons (Fsp3) is 0.308. The number of nitrogens with zero attached hydrogens (tertiary/aromatic N) is 1. The zero-order valence-electron chi connectivity index (χ0n) is 9.47. The third-order valence-electron chi connectivity index (χ3n) is 3.25. The minimum Gasteiger partial charge on any atom is -0.504 e. The van der Waals surface area contributed by atoms with Crippen molar-refractivity contribution in [3.05, 3.63) is 34.1 Å². The molecule has 2 aromatic rings. The summed E-state index contributed by atoms with van der Waals surface area (Å²) in [6.45, 7) is 1.77. The Kier molecular flexibility index (Phi) is 1.96. The van der Waals surface area contributed by atoms with Gasteiger partial charge in [0.1, 0.15) is 0 Å². The van der Waals surface area contributed by atoms with Crippen LogP contribution in [-0.2, 0) is 0 Å². The van der Waals surface area contributed by atoms with E-state index in [2.05, 4.69) is 0 Å². The molecule has 0 bridgehead atoms. The molecule has 1 saturated carbocycles. The number of aryl methyl sites for hydroxylation is 1. The maximum absolute atomic E-state index is 12.0. The predicted molar refractivity (Wildman–Crippen MR) is 64.5 cm³/mol. The first kappa shape index (κ1) is 10.2. The molecule has 0 unspecified atom stereocenters. The van der Waals surface area contributed by atoms with E-state index in [1.54, 1.807) is 6.92 Å². The monoisotopic (exact) mass is 231 g/mol. The molecule has 0 aliphatic heterocycles. The van der Waals surface area contributed by atoms with E-state index in [0.717, 1.165) is 12.8 Å². The average molecular weight is 231 g/mol. The predicted octanol–water partition coefficient (Wildman–Crippen LogP) is 2.06. The number of pyridine rings is 1. The fourth-order valence-corrected chi connectivity index (χ4v) is 2.17. The maximum atomic E-state index is 12.0. The van der Waals surface area contributed by atoms with Gasteiger partial charge in [-0.2, -0.15) is 0 Å². The van der Waals surface area contributed by atoms with E-state index in [0.29, 0.717) is 22.5 Å². The summed E-state index contributed by atoms with van der Waals surface area (Å²) in [6.07, 6.45) is 4.02. The zero-order chi connectivity index (χ0) is 12.2. The minimum atomic E-state index is -0.248. The van der Waals surface area contributed by atoms with Crippen molar-refractivity contribution < 1.29 is 10.2 Å². The molecule has 0 atom stereocenters. The topological polar surface area (TPSA) is 62.5 Å². The number of phenols is 2. The van der Waals surface area contributed by atoms with Crippen LogP contribution in [0.15, 0.2) is 23.1 Å². The van der Waals surface area contributed by atoms with Crippen molar-refractivity contribution in [2.45, 2.75) is 25.8 Å². The number of aromatic nitrogens is 1. The molecule has 2 N–H and O–H groups in total. The molecule has 0 radical (unpaired) electrons. The van der Waals surface area contributed by atoms with Gasteiger partial charge in [0.05, 0.1) is 5.52 Å². The summed E-state index contributed by atoms with van der Waals surface area (Å²) in [4.78, 5) is 12.0. The van der Waals surface area contributed by atoms with Crippen LogP contribution in [0.3, 0.4) is 0 Å². The van der Waals surface area contributed by atoms with Gasteiger partial charge in [-0.05, 0) is 25.8 Å². The lowest BCUT2D eigenvalue weighted by Crippen LogP contribution is -2.11. The van der Waals surface area contributed by atoms with Crippen molar-refractivity contribution in [2.24, 2.45) is 0 Å². The second-order valence-electron chi connectivity index (χ2n) is 4.64. The van der Waals surface area contributed by atoms with Gasteiger partial charge in [-0.3, -0.25) is 4.79 Å². The van der Waals surface area contributed by atoms with Crippen molar-refractivity contribution in [2.75, 3.05) is 0 Å². The standard InChI is InChI=1S/C13H13NO3/c1-7-6-14(8-2-3-8)10-5-12(16)11(15)4-9(10)13(7)17/h4-6,8,15-16H,2-3H2,1H3. The van der Waals surface area contributed by atoms with Crippen LogP contribution in [0, 0.1) is 6.92 Å². The van der Waals surface area contributed by atoms with E-state index < -0.39 is 0 Å². The number of rotatable bonds is 1. The zero-order valence-corrected chi connectivity index (χ0v) is 9.47. The number of hydrogen-bond donors (Lipinski definition) is 2. The molecule has 1 fully saturated rings. The van der Waals surface area contributed by atoms with E-state index in [-0.39, 0.29) is 16.9 Å². The summed E-state index contributed by atoms with van der Waals surface area (Å²) in [5.41, 5.74) is 1.26. The molecule has 3 rings (SSSR count). The maximum Gasteiger partial charge on any atom is 0.192 e.